The van der Waals surface area contributed by atoms with E-state index in [0.29, 0.717) is 0 Å². The Morgan fingerprint density at radius 1 is 1.31 bits per heavy atom. The van der Waals surface area contributed by atoms with Crippen molar-refractivity contribution < 1.29 is 5.11 Å². The lowest BCUT2D eigenvalue weighted by molar-refractivity contribution is 0.483. The van der Waals surface area contributed by atoms with Crippen LogP contribution in [0.2, 0.25) is 0 Å². The quantitative estimate of drug-likeness (QED) is 0.704. The summed E-state index contributed by atoms with van der Waals surface area (Å²) in [7, 11) is 0. The van der Waals surface area contributed by atoms with Gasteiger partial charge in [-0.1, -0.05) is 13.8 Å². The largest absolute Gasteiger partial charge is 0.506 e. The average Bonchev–Trinajstić information content (AvgIpc) is 2.53. The Morgan fingerprint density at radius 3 is 2.62 bits per heavy atom. The molecule has 13 heavy (non-hydrogen) atoms. The van der Waals surface area contributed by atoms with Gasteiger partial charge in [0.2, 0.25) is 0 Å². The third kappa shape index (κ3) is 1.78. The third-order valence-corrected chi connectivity index (χ3v) is 2.41. The van der Waals surface area contributed by atoms with Crippen LogP contribution in [0.3, 0.4) is 0 Å². The predicted octanol–water partition coefficient (Wildman–Crippen LogP) is 2.73. The molecule has 0 bridgehead atoms. The van der Waals surface area contributed by atoms with Gasteiger partial charge in [-0.25, -0.2) is 9.97 Å². The third-order valence-electron chi connectivity index (χ3n) is 1.54. The lowest BCUT2D eigenvalue weighted by Gasteiger charge is -1.92. The molecule has 0 aliphatic heterocycles. The van der Waals surface area contributed by atoms with Gasteiger partial charge in [0.1, 0.15) is 16.9 Å². The van der Waals surface area contributed by atoms with E-state index in [-0.39, 0.29) is 5.75 Å². The molecule has 0 fully saturated rings. The van der Waals surface area contributed by atoms with Crippen LogP contribution in [0.25, 0.3) is 10.2 Å². The van der Waals surface area contributed by atoms with Crippen molar-refractivity contribution >= 4 is 21.6 Å². The van der Waals surface area contributed by atoms with E-state index in [9.17, 15) is 5.11 Å². The molecule has 1 N–H and O–H groups in total. The SMILES string of the molecule is CC.Cc1ncnc2scc(O)c12. The molecule has 2 heterocycles. The standard InChI is InChI=1S/C7H6N2OS.C2H6/c1-4-6-5(10)2-11-7(6)9-3-8-4;1-2/h2-3,10H,1H3;1-2H3. The molecule has 0 saturated carbocycles. The van der Waals surface area contributed by atoms with E-state index in [0.717, 1.165) is 15.9 Å². The van der Waals surface area contributed by atoms with Gasteiger partial charge in [0.05, 0.1) is 11.1 Å². The summed E-state index contributed by atoms with van der Waals surface area (Å²) in [5.74, 6) is 0.281. The van der Waals surface area contributed by atoms with Crippen molar-refractivity contribution in [3.05, 3.63) is 17.4 Å². The first-order valence-electron chi connectivity index (χ1n) is 4.17. The average molecular weight is 196 g/mol. The summed E-state index contributed by atoms with van der Waals surface area (Å²) >= 11 is 1.43. The lowest BCUT2D eigenvalue weighted by atomic mass is 10.3. The number of hydrogen-bond donors (Lipinski definition) is 1. The van der Waals surface area contributed by atoms with Crippen molar-refractivity contribution in [3.8, 4) is 5.75 Å². The van der Waals surface area contributed by atoms with Crippen LogP contribution < -0.4 is 0 Å². The van der Waals surface area contributed by atoms with Gasteiger partial charge in [0.15, 0.2) is 0 Å². The Hall–Kier alpha value is -1.16. The summed E-state index contributed by atoms with van der Waals surface area (Å²) in [4.78, 5) is 8.83. The van der Waals surface area contributed by atoms with Crippen LogP contribution in [0.5, 0.6) is 5.75 Å². The first-order valence-corrected chi connectivity index (χ1v) is 5.05. The second-order valence-electron chi connectivity index (χ2n) is 2.26. The van der Waals surface area contributed by atoms with Crippen LogP contribution in [0.15, 0.2) is 11.7 Å². The summed E-state index contributed by atoms with van der Waals surface area (Å²) in [5.41, 5.74) is 0.828. The minimum Gasteiger partial charge on any atom is -0.506 e. The number of aryl methyl sites for hydroxylation is 1. The van der Waals surface area contributed by atoms with Crippen molar-refractivity contribution in [2.45, 2.75) is 20.8 Å². The highest BCUT2D eigenvalue weighted by Crippen LogP contribution is 2.30. The molecule has 0 atom stereocenters. The van der Waals surface area contributed by atoms with Crippen molar-refractivity contribution in [2.75, 3.05) is 0 Å². The van der Waals surface area contributed by atoms with Gasteiger partial charge in [-0.05, 0) is 6.92 Å². The van der Waals surface area contributed by atoms with Crippen LogP contribution in [-0.4, -0.2) is 15.1 Å². The van der Waals surface area contributed by atoms with Gasteiger partial charge in [-0.3, -0.25) is 0 Å². The number of nitrogens with zero attached hydrogens (tertiary/aromatic N) is 2. The Kier molecular flexibility index (Phi) is 3.19. The molecule has 0 saturated heterocycles. The molecule has 0 aliphatic carbocycles. The second kappa shape index (κ2) is 4.18. The minimum atomic E-state index is 0.281. The van der Waals surface area contributed by atoms with E-state index in [4.69, 9.17) is 0 Å². The van der Waals surface area contributed by atoms with E-state index < -0.39 is 0 Å². The number of thiophene rings is 1. The molecule has 0 aliphatic rings. The molecule has 0 amide bonds. The zero-order chi connectivity index (χ0) is 9.84. The molecule has 3 nitrogen and oxygen atoms in total. The molecule has 70 valence electrons. The zero-order valence-electron chi connectivity index (χ0n) is 7.90. The first kappa shape index (κ1) is 9.92. The molecular weight excluding hydrogens is 184 g/mol. The second-order valence-corrected chi connectivity index (χ2v) is 3.12. The number of hydrogen-bond acceptors (Lipinski definition) is 4. The monoisotopic (exact) mass is 196 g/mol. The molecule has 0 radical (unpaired) electrons. The van der Waals surface area contributed by atoms with Crippen LogP contribution in [0.4, 0.5) is 0 Å². The highest BCUT2D eigenvalue weighted by atomic mass is 32.1. The van der Waals surface area contributed by atoms with Gasteiger partial charge < -0.3 is 5.11 Å². The Morgan fingerprint density at radius 2 is 2.00 bits per heavy atom. The minimum absolute atomic E-state index is 0.281. The van der Waals surface area contributed by atoms with E-state index in [1.807, 2.05) is 20.8 Å². The summed E-state index contributed by atoms with van der Waals surface area (Å²) in [6.07, 6.45) is 1.51. The van der Waals surface area contributed by atoms with Gasteiger partial charge >= 0.3 is 0 Å². The molecule has 2 aromatic rings. The van der Waals surface area contributed by atoms with Crippen LogP contribution >= 0.6 is 11.3 Å². The summed E-state index contributed by atoms with van der Waals surface area (Å²) in [6.45, 7) is 5.86. The van der Waals surface area contributed by atoms with E-state index >= 15 is 0 Å². The maximum Gasteiger partial charge on any atom is 0.137 e. The lowest BCUT2D eigenvalue weighted by Crippen LogP contribution is -1.82. The zero-order valence-corrected chi connectivity index (χ0v) is 8.72. The van der Waals surface area contributed by atoms with E-state index in [1.54, 1.807) is 5.38 Å². The fraction of sp³-hybridized carbons (Fsp3) is 0.333. The Bertz CT molecular complexity index is 397. The number of rotatable bonds is 0. The van der Waals surface area contributed by atoms with Gasteiger partial charge in [-0.15, -0.1) is 11.3 Å². The molecular formula is C9H12N2OS. The Labute approximate surface area is 81.1 Å². The van der Waals surface area contributed by atoms with Gasteiger partial charge in [0, 0.05) is 5.38 Å². The van der Waals surface area contributed by atoms with Crippen molar-refractivity contribution in [2.24, 2.45) is 0 Å². The normalized spacial score (nSPS) is 9.46. The van der Waals surface area contributed by atoms with Crippen molar-refractivity contribution in [1.82, 2.24) is 9.97 Å². The molecule has 4 heteroatoms. The molecule has 2 rings (SSSR count). The van der Waals surface area contributed by atoms with Crippen LogP contribution in [-0.2, 0) is 0 Å². The van der Waals surface area contributed by atoms with Gasteiger partial charge in [-0.2, -0.15) is 0 Å². The van der Waals surface area contributed by atoms with Crippen LogP contribution in [0.1, 0.15) is 19.5 Å². The molecule has 0 unspecified atom stereocenters. The van der Waals surface area contributed by atoms with Crippen molar-refractivity contribution in [3.63, 3.8) is 0 Å². The summed E-state index contributed by atoms with van der Waals surface area (Å²) in [6, 6.07) is 0. The fourth-order valence-electron chi connectivity index (χ4n) is 1.01. The smallest absolute Gasteiger partial charge is 0.137 e. The highest BCUT2D eigenvalue weighted by Gasteiger charge is 2.05. The summed E-state index contributed by atoms with van der Waals surface area (Å²) in [5, 5.41) is 11.8. The summed E-state index contributed by atoms with van der Waals surface area (Å²) < 4.78 is 0. The molecule has 2 aromatic heterocycles. The number of fused-ring (bicyclic) bond motifs is 1. The number of aromatic nitrogens is 2. The molecule has 0 spiro atoms. The van der Waals surface area contributed by atoms with E-state index in [2.05, 4.69) is 9.97 Å². The molecule has 0 aromatic carbocycles. The topological polar surface area (TPSA) is 46.0 Å². The van der Waals surface area contributed by atoms with Crippen LogP contribution in [0, 0.1) is 6.92 Å². The highest BCUT2D eigenvalue weighted by molar-refractivity contribution is 7.17. The van der Waals surface area contributed by atoms with E-state index in [1.165, 1.54) is 17.7 Å². The predicted molar refractivity (Wildman–Crippen MR) is 55.2 cm³/mol. The van der Waals surface area contributed by atoms with Gasteiger partial charge in [0.25, 0.3) is 0 Å². The number of aromatic hydroxyl groups is 1. The fourth-order valence-corrected chi connectivity index (χ4v) is 1.83. The van der Waals surface area contributed by atoms with Crippen molar-refractivity contribution in [1.29, 1.82) is 0 Å². The maximum absolute atomic E-state index is 9.32. The first-order chi connectivity index (χ1) is 6.29. The Balaban J connectivity index is 0.000000396. The maximum atomic E-state index is 9.32.